The minimum Gasteiger partial charge on any atom is -0.466 e. The van der Waals surface area contributed by atoms with Crippen LogP contribution >= 0.6 is 0 Å². The summed E-state index contributed by atoms with van der Waals surface area (Å²) >= 11 is 0. The summed E-state index contributed by atoms with van der Waals surface area (Å²) < 4.78 is 16.1. The summed E-state index contributed by atoms with van der Waals surface area (Å²) in [5.41, 5.74) is 0. The number of carbonyl (C=O) groups excluding carboxylic acids is 1. The molecule has 0 aromatic heterocycles. The average Bonchev–Trinajstić information content (AvgIpc) is 2.75. The summed E-state index contributed by atoms with van der Waals surface area (Å²) in [7, 11) is 0. The Hall–Kier alpha value is -0.610. The highest BCUT2D eigenvalue weighted by Gasteiger charge is 2.03. The lowest BCUT2D eigenvalue weighted by atomic mass is 10.0. The lowest BCUT2D eigenvalue weighted by Gasteiger charge is -2.08. The molecule has 0 amide bonds. The van der Waals surface area contributed by atoms with E-state index >= 15 is 0 Å². The topological polar surface area (TPSA) is 44.8 Å². The SMILES string of the molecule is CCCCCCCCCCCCCCCCCCOC(=O)CCCOCCOC(C)C. The van der Waals surface area contributed by atoms with Crippen molar-refractivity contribution in [3.8, 4) is 0 Å². The first-order valence-corrected chi connectivity index (χ1v) is 13.5. The van der Waals surface area contributed by atoms with Gasteiger partial charge >= 0.3 is 5.97 Å². The number of ether oxygens (including phenoxy) is 3. The molecule has 0 heterocycles. The monoisotopic (exact) mass is 442 g/mol. The summed E-state index contributed by atoms with van der Waals surface area (Å²) in [6.07, 6.45) is 23.1. The zero-order valence-corrected chi connectivity index (χ0v) is 21.3. The normalized spacial score (nSPS) is 11.4. The van der Waals surface area contributed by atoms with E-state index < -0.39 is 0 Å². The molecule has 0 aliphatic rings. The van der Waals surface area contributed by atoms with E-state index in [1.807, 2.05) is 13.8 Å². The van der Waals surface area contributed by atoms with Gasteiger partial charge < -0.3 is 14.2 Å². The second-order valence-corrected chi connectivity index (χ2v) is 9.16. The molecule has 4 nitrogen and oxygen atoms in total. The number of rotatable bonds is 25. The van der Waals surface area contributed by atoms with Crippen LogP contribution in [0.3, 0.4) is 0 Å². The summed E-state index contributed by atoms with van der Waals surface area (Å²) in [6, 6.07) is 0. The van der Waals surface area contributed by atoms with Gasteiger partial charge in [-0.15, -0.1) is 0 Å². The summed E-state index contributed by atoms with van der Waals surface area (Å²) in [5, 5.41) is 0. The average molecular weight is 443 g/mol. The Morgan fingerprint density at radius 1 is 0.581 bits per heavy atom. The van der Waals surface area contributed by atoms with Crippen molar-refractivity contribution in [1.29, 1.82) is 0 Å². The summed E-state index contributed by atoms with van der Waals surface area (Å²) in [5.74, 6) is -0.0945. The quantitative estimate of drug-likeness (QED) is 0.106. The molecule has 0 spiro atoms. The molecule has 0 fully saturated rings. The van der Waals surface area contributed by atoms with Gasteiger partial charge in [0.15, 0.2) is 0 Å². The van der Waals surface area contributed by atoms with Crippen LogP contribution in [-0.2, 0) is 19.0 Å². The predicted molar refractivity (Wildman–Crippen MR) is 132 cm³/mol. The number of carbonyl (C=O) groups is 1. The highest BCUT2D eigenvalue weighted by molar-refractivity contribution is 5.69. The molecule has 186 valence electrons. The van der Waals surface area contributed by atoms with Crippen LogP contribution in [0.4, 0.5) is 0 Å². The zero-order valence-electron chi connectivity index (χ0n) is 21.3. The third kappa shape index (κ3) is 27.4. The molecule has 31 heavy (non-hydrogen) atoms. The maximum absolute atomic E-state index is 11.7. The van der Waals surface area contributed by atoms with Gasteiger partial charge in [0.1, 0.15) is 0 Å². The molecule has 0 saturated carbocycles. The second kappa shape index (κ2) is 25.6. The number of hydrogen-bond acceptors (Lipinski definition) is 4. The fraction of sp³-hybridized carbons (Fsp3) is 0.963. The van der Waals surface area contributed by atoms with Crippen LogP contribution in [0.2, 0.25) is 0 Å². The van der Waals surface area contributed by atoms with Gasteiger partial charge in [-0.3, -0.25) is 4.79 Å². The van der Waals surface area contributed by atoms with E-state index in [4.69, 9.17) is 14.2 Å². The molecular weight excluding hydrogens is 388 g/mol. The highest BCUT2D eigenvalue weighted by atomic mass is 16.5. The van der Waals surface area contributed by atoms with E-state index in [1.54, 1.807) is 0 Å². The van der Waals surface area contributed by atoms with Gasteiger partial charge in [-0.05, 0) is 26.7 Å². The van der Waals surface area contributed by atoms with Crippen molar-refractivity contribution in [2.24, 2.45) is 0 Å². The van der Waals surface area contributed by atoms with E-state index in [9.17, 15) is 4.79 Å². The second-order valence-electron chi connectivity index (χ2n) is 9.16. The van der Waals surface area contributed by atoms with E-state index in [0.717, 1.165) is 12.8 Å². The zero-order chi connectivity index (χ0) is 22.8. The minimum absolute atomic E-state index is 0.0945. The highest BCUT2D eigenvalue weighted by Crippen LogP contribution is 2.13. The standard InChI is InChI=1S/C27H54O4/c1-4-5-6-7-8-9-10-11-12-13-14-15-16-17-18-19-23-31-27(28)21-20-22-29-24-25-30-26(2)3/h26H,4-25H2,1-3H3. The van der Waals surface area contributed by atoms with Gasteiger partial charge in [0, 0.05) is 13.0 Å². The van der Waals surface area contributed by atoms with Crippen molar-refractivity contribution in [2.45, 2.75) is 142 Å². The Balaban J connectivity index is 3.13. The van der Waals surface area contributed by atoms with Crippen LogP contribution in [0.1, 0.15) is 136 Å². The molecule has 0 aromatic carbocycles. The van der Waals surface area contributed by atoms with Crippen molar-refractivity contribution < 1.29 is 19.0 Å². The Labute approximate surface area is 194 Å². The Morgan fingerprint density at radius 2 is 1.06 bits per heavy atom. The largest absolute Gasteiger partial charge is 0.466 e. The van der Waals surface area contributed by atoms with Gasteiger partial charge in [-0.2, -0.15) is 0 Å². The molecule has 0 atom stereocenters. The molecule has 0 aliphatic carbocycles. The fourth-order valence-electron chi connectivity index (χ4n) is 3.67. The minimum atomic E-state index is -0.0945. The van der Waals surface area contributed by atoms with Crippen LogP contribution in [0, 0.1) is 0 Å². The molecule has 0 aliphatic heterocycles. The maximum atomic E-state index is 11.7. The molecular formula is C27H54O4. The van der Waals surface area contributed by atoms with Gasteiger partial charge in [-0.25, -0.2) is 0 Å². The maximum Gasteiger partial charge on any atom is 0.305 e. The molecule has 0 saturated heterocycles. The van der Waals surface area contributed by atoms with Crippen molar-refractivity contribution in [2.75, 3.05) is 26.4 Å². The van der Waals surface area contributed by atoms with Crippen LogP contribution in [0.25, 0.3) is 0 Å². The van der Waals surface area contributed by atoms with Gasteiger partial charge in [0.25, 0.3) is 0 Å². The van der Waals surface area contributed by atoms with Crippen molar-refractivity contribution >= 4 is 5.97 Å². The summed E-state index contributed by atoms with van der Waals surface area (Å²) in [4.78, 5) is 11.7. The Bertz CT molecular complexity index is 357. The van der Waals surface area contributed by atoms with Crippen LogP contribution in [-0.4, -0.2) is 38.5 Å². The molecule has 0 radical (unpaired) electrons. The van der Waals surface area contributed by atoms with E-state index in [1.165, 1.54) is 96.3 Å². The van der Waals surface area contributed by atoms with Crippen LogP contribution in [0.15, 0.2) is 0 Å². The molecule has 0 bridgehead atoms. The fourth-order valence-corrected chi connectivity index (χ4v) is 3.67. The van der Waals surface area contributed by atoms with E-state index in [-0.39, 0.29) is 12.1 Å². The van der Waals surface area contributed by atoms with Crippen molar-refractivity contribution in [3.05, 3.63) is 0 Å². The van der Waals surface area contributed by atoms with Crippen molar-refractivity contribution in [1.82, 2.24) is 0 Å². The number of esters is 1. The van der Waals surface area contributed by atoms with Gasteiger partial charge in [0.2, 0.25) is 0 Å². The number of unbranched alkanes of at least 4 members (excludes halogenated alkanes) is 15. The van der Waals surface area contributed by atoms with Gasteiger partial charge in [0.05, 0.1) is 25.9 Å². The predicted octanol–water partition coefficient (Wildman–Crippen LogP) is 8.01. The molecule has 4 heteroatoms. The molecule has 0 N–H and O–H groups in total. The van der Waals surface area contributed by atoms with Gasteiger partial charge in [-0.1, -0.05) is 103 Å². The first-order valence-electron chi connectivity index (χ1n) is 13.5. The molecule has 0 aromatic rings. The third-order valence-electron chi connectivity index (χ3n) is 5.61. The Morgan fingerprint density at radius 3 is 1.55 bits per heavy atom. The smallest absolute Gasteiger partial charge is 0.305 e. The first-order chi connectivity index (χ1) is 15.2. The molecule has 0 unspecified atom stereocenters. The lowest BCUT2D eigenvalue weighted by molar-refractivity contribution is -0.144. The van der Waals surface area contributed by atoms with E-state index in [0.29, 0.717) is 32.8 Å². The van der Waals surface area contributed by atoms with Crippen molar-refractivity contribution in [3.63, 3.8) is 0 Å². The lowest BCUT2D eigenvalue weighted by Crippen LogP contribution is -2.11. The Kier molecular flexibility index (Phi) is 25.1. The summed E-state index contributed by atoms with van der Waals surface area (Å²) in [6.45, 7) is 8.67. The van der Waals surface area contributed by atoms with Crippen LogP contribution < -0.4 is 0 Å². The van der Waals surface area contributed by atoms with Crippen LogP contribution in [0.5, 0.6) is 0 Å². The number of hydrogen-bond donors (Lipinski definition) is 0. The molecule has 0 rings (SSSR count). The first kappa shape index (κ1) is 30.4. The van der Waals surface area contributed by atoms with E-state index in [2.05, 4.69) is 6.92 Å². The third-order valence-corrected chi connectivity index (χ3v) is 5.61.